The minimum atomic E-state index is -1.56. The molecule has 0 N–H and O–H groups in total. The Balaban J connectivity index is 2.17. The maximum absolute atomic E-state index is 13.3. The first-order valence-corrected chi connectivity index (χ1v) is 6.76. The summed E-state index contributed by atoms with van der Waals surface area (Å²) in [6.07, 6.45) is -0.896. The first-order valence-electron chi connectivity index (χ1n) is 6.76. The Bertz CT molecular complexity index is 602. The van der Waals surface area contributed by atoms with Gasteiger partial charge >= 0.3 is 6.09 Å². The average Bonchev–Trinajstić information content (AvgIpc) is 2.75. The van der Waals surface area contributed by atoms with Gasteiger partial charge in [0.1, 0.15) is 5.60 Å². The van der Waals surface area contributed by atoms with Gasteiger partial charge in [0.05, 0.1) is 0 Å². The lowest BCUT2D eigenvalue weighted by atomic mass is 9.98. The van der Waals surface area contributed by atoms with Gasteiger partial charge in [0.15, 0.2) is 17.5 Å². The van der Waals surface area contributed by atoms with Crippen molar-refractivity contribution in [3.8, 4) is 0 Å². The van der Waals surface area contributed by atoms with E-state index in [4.69, 9.17) is 4.74 Å². The topological polar surface area (TPSA) is 46.6 Å². The maximum atomic E-state index is 13.3. The molecule has 1 heterocycles. The van der Waals surface area contributed by atoms with Crippen LogP contribution in [0.1, 0.15) is 38.7 Å². The van der Waals surface area contributed by atoms with Crippen molar-refractivity contribution in [2.75, 3.05) is 6.54 Å². The number of hydrogen-bond acceptors (Lipinski definition) is 3. The summed E-state index contributed by atoms with van der Waals surface area (Å²) in [6.45, 7) is 4.92. The molecule has 120 valence electrons. The minimum Gasteiger partial charge on any atom is -0.443 e. The number of amides is 2. The van der Waals surface area contributed by atoms with E-state index in [0.717, 1.165) is 17.0 Å². The molecule has 1 unspecified atom stereocenters. The molecule has 2 amide bonds. The van der Waals surface area contributed by atoms with Crippen molar-refractivity contribution in [2.24, 2.45) is 0 Å². The van der Waals surface area contributed by atoms with Crippen LogP contribution >= 0.6 is 0 Å². The number of imide groups is 1. The van der Waals surface area contributed by atoms with E-state index in [9.17, 15) is 22.8 Å². The highest BCUT2D eigenvalue weighted by molar-refractivity contribution is 5.94. The Kier molecular flexibility index (Phi) is 4.17. The van der Waals surface area contributed by atoms with E-state index in [1.807, 2.05) is 0 Å². The predicted octanol–water partition coefficient (Wildman–Crippen LogP) is 3.35. The molecule has 0 saturated carbocycles. The summed E-state index contributed by atoms with van der Waals surface area (Å²) >= 11 is 0. The molecule has 0 aromatic heterocycles. The molecule has 0 aliphatic carbocycles. The second-order valence-corrected chi connectivity index (χ2v) is 6.18. The molecule has 7 heteroatoms. The highest BCUT2D eigenvalue weighted by Crippen LogP contribution is 2.31. The first-order chi connectivity index (χ1) is 10.1. The van der Waals surface area contributed by atoms with Crippen LogP contribution in [0.25, 0.3) is 0 Å². The molecule has 0 radical (unpaired) electrons. The lowest BCUT2D eigenvalue weighted by molar-refractivity contribution is -0.126. The number of benzene rings is 1. The first kappa shape index (κ1) is 16.3. The fraction of sp³-hybridized carbons (Fsp3) is 0.467. The van der Waals surface area contributed by atoms with Gasteiger partial charge < -0.3 is 4.74 Å². The van der Waals surface area contributed by atoms with E-state index in [2.05, 4.69) is 0 Å². The number of likely N-dealkylation sites (tertiary alicyclic amines) is 1. The molecule has 1 aromatic rings. The molecule has 1 aliphatic rings. The van der Waals surface area contributed by atoms with E-state index in [1.165, 1.54) is 0 Å². The summed E-state index contributed by atoms with van der Waals surface area (Å²) in [5.41, 5.74) is -0.625. The third-order valence-corrected chi connectivity index (χ3v) is 3.22. The number of carbonyl (C=O) groups is 2. The van der Waals surface area contributed by atoms with E-state index >= 15 is 0 Å². The molecule has 1 atom stereocenters. The standard InChI is InChI=1S/C15H16F3NO3/c1-15(2,3)22-14(21)19-7-9(6-12(19)20)8-4-10(16)13(18)11(17)5-8/h4-5,9H,6-7H2,1-3H3. The Morgan fingerprint density at radius 3 is 2.27 bits per heavy atom. The van der Waals surface area contributed by atoms with Gasteiger partial charge in [-0.3, -0.25) is 4.79 Å². The van der Waals surface area contributed by atoms with Gasteiger partial charge in [-0.15, -0.1) is 0 Å². The van der Waals surface area contributed by atoms with E-state index in [-0.39, 0.29) is 18.5 Å². The lowest BCUT2D eigenvalue weighted by Gasteiger charge is -2.23. The Labute approximate surface area is 125 Å². The van der Waals surface area contributed by atoms with Crippen molar-refractivity contribution in [1.29, 1.82) is 0 Å². The molecule has 22 heavy (non-hydrogen) atoms. The van der Waals surface area contributed by atoms with Gasteiger partial charge in [-0.05, 0) is 38.5 Å². The number of nitrogens with zero attached hydrogens (tertiary/aromatic N) is 1. The highest BCUT2D eigenvalue weighted by atomic mass is 19.2. The molecule has 0 bridgehead atoms. The summed E-state index contributed by atoms with van der Waals surface area (Å²) in [5, 5.41) is 0. The monoisotopic (exact) mass is 315 g/mol. The second-order valence-electron chi connectivity index (χ2n) is 6.18. The van der Waals surface area contributed by atoms with Crippen LogP contribution in [0.2, 0.25) is 0 Å². The molecule has 1 fully saturated rings. The number of halogens is 3. The zero-order valence-electron chi connectivity index (χ0n) is 12.5. The van der Waals surface area contributed by atoms with Crippen LogP contribution in [0, 0.1) is 17.5 Å². The van der Waals surface area contributed by atoms with Gasteiger partial charge in [0, 0.05) is 18.9 Å². The van der Waals surface area contributed by atoms with Crippen LogP contribution in [-0.2, 0) is 9.53 Å². The van der Waals surface area contributed by atoms with Crippen LogP contribution in [0.15, 0.2) is 12.1 Å². The zero-order valence-corrected chi connectivity index (χ0v) is 12.5. The van der Waals surface area contributed by atoms with Crippen LogP contribution in [0.4, 0.5) is 18.0 Å². The molecule has 1 saturated heterocycles. The molecule has 1 aromatic carbocycles. The van der Waals surface area contributed by atoms with E-state index < -0.39 is 41.0 Å². The SMILES string of the molecule is CC(C)(C)OC(=O)N1CC(c2cc(F)c(F)c(F)c2)CC1=O. The molecule has 0 spiro atoms. The van der Waals surface area contributed by atoms with Gasteiger partial charge in [0.25, 0.3) is 0 Å². The summed E-state index contributed by atoms with van der Waals surface area (Å²) in [5.74, 6) is -5.29. The predicted molar refractivity (Wildman–Crippen MR) is 71.6 cm³/mol. The summed E-state index contributed by atoms with van der Waals surface area (Å²) in [7, 11) is 0. The van der Waals surface area contributed by atoms with Crippen molar-refractivity contribution in [1.82, 2.24) is 4.90 Å². The normalized spacial score (nSPS) is 18.7. The summed E-state index contributed by atoms with van der Waals surface area (Å²) in [6, 6.07) is 1.68. The smallest absolute Gasteiger partial charge is 0.417 e. The molecular formula is C15H16F3NO3. The van der Waals surface area contributed by atoms with E-state index in [1.54, 1.807) is 20.8 Å². The Morgan fingerprint density at radius 1 is 1.23 bits per heavy atom. The van der Waals surface area contributed by atoms with Crippen molar-refractivity contribution in [3.63, 3.8) is 0 Å². The molecule has 1 aliphatic heterocycles. The van der Waals surface area contributed by atoms with Crippen molar-refractivity contribution < 1.29 is 27.5 Å². The number of ether oxygens (including phenoxy) is 1. The summed E-state index contributed by atoms with van der Waals surface area (Å²) in [4.78, 5) is 24.7. The number of carbonyl (C=O) groups excluding carboxylic acids is 2. The van der Waals surface area contributed by atoms with Crippen molar-refractivity contribution in [3.05, 3.63) is 35.1 Å². The van der Waals surface area contributed by atoms with Crippen LogP contribution < -0.4 is 0 Å². The third-order valence-electron chi connectivity index (χ3n) is 3.22. The summed E-state index contributed by atoms with van der Waals surface area (Å²) < 4.78 is 44.6. The van der Waals surface area contributed by atoms with Crippen molar-refractivity contribution in [2.45, 2.75) is 38.7 Å². The number of rotatable bonds is 1. The average molecular weight is 315 g/mol. The third kappa shape index (κ3) is 3.40. The van der Waals surface area contributed by atoms with Gasteiger partial charge in [0.2, 0.25) is 5.91 Å². The van der Waals surface area contributed by atoms with Crippen molar-refractivity contribution >= 4 is 12.0 Å². The fourth-order valence-electron chi connectivity index (χ4n) is 2.24. The number of hydrogen-bond donors (Lipinski definition) is 0. The van der Waals surface area contributed by atoms with Crippen LogP contribution in [0.5, 0.6) is 0 Å². The highest BCUT2D eigenvalue weighted by Gasteiger charge is 2.37. The largest absolute Gasteiger partial charge is 0.443 e. The minimum absolute atomic E-state index is 0.0573. The second kappa shape index (κ2) is 5.62. The molecule has 4 nitrogen and oxygen atoms in total. The fourth-order valence-corrected chi connectivity index (χ4v) is 2.24. The lowest BCUT2D eigenvalue weighted by Crippen LogP contribution is -2.37. The van der Waals surface area contributed by atoms with Crippen LogP contribution in [0.3, 0.4) is 0 Å². The van der Waals surface area contributed by atoms with Gasteiger partial charge in [-0.1, -0.05) is 0 Å². The quantitative estimate of drug-likeness (QED) is 0.747. The Morgan fingerprint density at radius 2 is 1.77 bits per heavy atom. The molecule has 2 rings (SSSR count). The van der Waals surface area contributed by atoms with Gasteiger partial charge in [-0.2, -0.15) is 0 Å². The van der Waals surface area contributed by atoms with Gasteiger partial charge in [-0.25, -0.2) is 22.9 Å². The maximum Gasteiger partial charge on any atom is 0.417 e. The zero-order chi connectivity index (χ0) is 16.7. The van der Waals surface area contributed by atoms with E-state index in [0.29, 0.717) is 0 Å². The van der Waals surface area contributed by atoms with Crippen LogP contribution in [-0.4, -0.2) is 29.0 Å². The molecular weight excluding hydrogens is 299 g/mol. The Hall–Kier alpha value is -2.05.